The Hall–Kier alpha value is -1.32. The molecule has 2 aliphatic carbocycles. The Labute approximate surface area is 81.2 Å². The van der Waals surface area contributed by atoms with Crippen LogP contribution in [0.15, 0.2) is 11.6 Å². The smallest absolute Gasteiger partial charge is 0.331 e. The molecule has 4 heteroatoms. The summed E-state index contributed by atoms with van der Waals surface area (Å²) in [5.41, 5.74) is 0.311. The van der Waals surface area contributed by atoms with Crippen LogP contribution < -0.4 is 0 Å². The Morgan fingerprint density at radius 3 is 2.57 bits per heavy atom. The van der Waals surface area contributed by atoms with E-state index in [1.165, 1.54) is 0 Å². The molecule has 2 bridgehead atoms. The summed E-state index contributed by atoms with van der Waals surface area (Å²) in [5.74, 6) is -2.37. The molecular formula is C10H12O4. The molecule has 0 heterocycles. The summed E-state index contributed by atoms with van der Waals surface area (Å²) in [6.45, 7) is 0. The summed E-state index contributed by atoms with van der Waals surface area (Å²) in [7, 11) is 0. The van der Waals surface area contributed by atoms with Crippen LogP contribution in [0.2, 0.25) is 0 Å². The Morgan fingerprint density at radius 1 is 1.29 bits per heavy atom. The first-order valence-corrected chi connectivity index (χ1v) is 4.77. The zero-order chi connectivity index (χ0) is 10.3. The van der Waals surface area contributed by atoms with Gasteiger partial charge in [0.25, 0.3) is 0 Å². The molecule has 2 rings (SSSR count). The number of hydrogen-bond donors (Lipinski definition) is 2. The van der Waals surface area contributed by atoms with Crippen molar-refractivity contribution in [1.82, 2.24) is 0 Å². The lowest BCUT2D eigenvalue weighted by Gasteiger charge is -2.25. The van der Waals surface area contributed by atoms with Crippen molar-refractivity contribution in [2.24, 2.45) is 17.8 Å². The van der Waals surface area contributed by atoms with E-state index in [1.54, 1.807) is 6.08 Å². The highest BCUT2D eigenvalue weighted by Gasteiger charge is 2.46. The Kier molecular flexibility index (Phi) is 2.06. The third-order valence-corrected chi connectivity index (χ3v) is 3.36. The first kappa shape index (κ1) is 9.24. The van der Waals surface area contributed by atoms with Gasteiger partial charge in [-0.05, 0) is 25.2 Å². The fraction of sp³-hybridized carbons (Fsp3) is 0.600. The van der Waals surface area contributed by atoms with Crippen LogP contribution in [0.5, 0.6) is 0 Å². The van der Waals surface area contributed by atoms with E-state index in [0.29, 0.717) is 18.4 Å². The van der Waals surface area contributed by atoms with Gasteiger partial charge in [-0.15, -0.1) is 0 Å². The zero-order valence-corrected chi connectivity index (χ0v) is 7.64. The van der Waals surface area contributed by atoms with Crippen LogP contribution in [-0.2, 0) is 9.59 Å². The molecule has 2 N–H and O–H groups in total. The van der Waals surface area contributed by atoms with Gasteiger partial charge in [-0.2, -0.15) is 0 Å². The van der Waals surface area contributed by atoms with Gasteiger partial charge in [0.05, 0.1) is 5.92 Å². The number of carboxylic acids is 2. The molecule has 1 fully saturated rings. The maximum absolute atomic E-state index is 11.0. The fourth-order valence-electron chi connectivity index (χ4n) is 2.74. The molecule has 3 unspecified atom stereocenters. The first-order valence-electron chi connectivity index (χ1n) is 4.77. The summed E-state index contributed by atoms with van der Waals surface area (Å²) in [6, 6.07) is 0. The summed E-state index contributed by atoms with van der Waals surface area (Å²) in [5, 5.41) is 17.9. The molecule has 0 aliphatic heterocycles. The van der Waals surface area contributed by atoms with Crippen LogP contribution >= 0.6 is 0 Å². The summed E-state index contributed by atoms with van der Waals surface area (Å²) < 4.78 is 0. The average molecular weight is 196 g/mol. The van der Waals surface area contributed by atoms with Gasteiger partial charge in [-0.25, -0.2) is 4.79 Å². The van der Waals surface area contributed by atoms with Gasteiger partial charge >= 0.3 is 11.9 Å². The van der Waals surface area contributed by atoms with E-state index in [-0.39, 0.29) is 11.8 Å². The Morgan fingerprint density at radius 2 is 2.00 bits per heavy atom. The Balaban J connectivity index is 2.31. The number of carbonyl (C=O) groups is 2. The number of allylic oxidation sites excluding steroid dienone is 1. The van der Waals surface area contributed by atoms with E-state index in [2.05, 4.69) is 0 Å². The number of carboxylic acid groups (broad SMARTS) is 2. The highest BCUT2D eigenvalue weighted by atomic mass is 16.4. The fourth-order valence-corrected chi connectivity index (χ4v) is 2.74. The number of fused-ring (bicyclic) bond motifs is 2. The SMILES string of the molecule is O=C(O)C1=CCC2CCC1C2C(=O)O. The van der Waals surface area contributed by atoms with Crippen molar-refractivity contribution in [2.75, 3.05) is 0 Å². The van der Waals surface area contributed by atoms with Crippen molar-refractivity contribution < 1.29 is 19.8 Å². The molecule has 14 heavy (non-hydrogen) atoms. The number of rotatable bonds is 2. The summed E-state index contributed by atoms with van der Waals surface area (Å²) >= 11 is 0. The lowest BCUT2D eigenvalue weighted by Crippen LogP contribution is -2.30. The molecule has 4 nitrogen and oxygen atoms in total. The molecule has 1 saturated carbocycles. The molecule has 3 atom stereocenters. The molecule has 76 valence electrons. The van der Waals surface area contributed by atoms with E-state index in [0.717, 1.165) is 6.42 Å². The van der Waals surface area contributed by atoms with E-state index in [9.17, 15) is 9.59 Å². The van der Waals surface area contributed by atoms with Crippen molar-refractivity contribution in [3.05, 3.63) is 11.6 Å². The normalized spacial score (nSPS) is 35.1. The minimum atomic E-state index is -0.957. The van der Waals surface area contributed by atoms with Crippen molar-refractivity contribution in [1.29, 1.82) is 0 Å². The second-order valence-corrected chi connectivity index (χ2v) is 4.01. The molecule has 0 radical (unpaired) electrons. The molecule has 0 spiro atoms. The minimum Gasteiger partial charge on any atom is -0.481 e. The molecule has 0 saturated heterocycles. The number of aliphatic carboxylic acids is 2. The van der Waals surface area contributed by atoms with Gasteiger partial charge in [-0.1, -0.05) is 6.08 Å². The van der Waals surface area contributed by atoms with Crippen LogP contribution in [0.4, 0.5) is 0 Å². The first-order chi connectivity index (χ1) is 6.61. The van der Waals surface area contributed by atoms with E-state index < -0.39 is 17.9 Å². The van der Waals surface area contributed by atoms with Crippen LogP contribution in [-0.4, -0.2) is 22.2 Å². The van der Waals surface area contributed by atoms with Crippen molar-refractivity contribution in [2.45, 2.75) is 19.3 Å². The van der Waals surface area contributed by atoms with Crippen LogP contribution in [0.3, 0.4) is 0 Å². The van der Waals surface area contributed by atoms with E-state index in [4.69, 9.17) is 10.2 Å². The van der Waals surface area contributed by atoms with Crippen LogP contribution in [0, 0.1) is 17.8 Å². The average Bonchev–Trinajstić information content (AvgIpc) is 2.40. The van der Waals surface area contributed by atoms with Crippen LogP contribution in [0.25, 0.3) is 0 Å². The highest BCUT2D eigenvalue weighted by Crippen LogP contribution is 2.46. The van der Waals surface area contributed by atoms with Gasteiger partial charge in [0.1, 0.15) is 0 Å². The van der Waals surface area contributed by atoms with Gasteiger partial charge < -0.3 is 10.2 Å². The standard InChI is InChI=1S/C10H12O4/c11-9(12)7-4-2-5-1-3-6(7)8(5)10(13)14/h4-6,8H,1-3H2,(H,11,12)(H,13,14). The minimum absolute atomic E-state index is 0.153. The molecular weight excluding hydrogens is 184 g/mol. The second-order valence-electron chi connectivity index (χ2n) is 4.01. The van der Waals surface area contributed by atoms with Crippen molar-refractivity contribution >= 4 is 11.9 Å². The van der Waals surface area contributed by atoms with E-state index >= 15 is 0 Å². The Bertz CT molecular complexity index is 318. The zero-order valence-electron chi connectivity index (χ0n) is 7.64. The molecule has 2 aliphatic rings. The predicted molar refractivity (Wildman–Crippen MR) is 47.7 cm³/mol. The van der Waals surface area contributed by atoms with Crippen molar-refractivity contribution in [3.8, 4) is 0 Å². The quantitative estimate of drug-likeness (QED) is 0.694. The maximum atomic E-state index is 11.0. The maximum Gasteiger partial charge on any atom is 0.331 e. The lowest BCUT2D eigenvalue weighted by molar-refractivity contribution is -0.144. The number of hydrogen-bond acceptors (Lipinski definition) is 2. The summed E-state index contributed by atoms with van der Waals surface area (Å²) in [6.07, 6.45) is 3.86. The second kappa shape index (κ2) is 3.12. The van der Waals surface area contributed by atoms with Crippen LogP contribution in [0.1, 0.15) is 19.3 Å². The van der Waals surface area contributed by atoms with E-state index in [1.807, 2.05) is 0 Å². The van der Waals surface area contributed by atoms with Gasteiger partial charge in [-0.3, -0.25) is 4.79 Å². The third-order valence-electron chi connectivity index (χ3n) is 3.36. The molecule has 0 amide bonds. The van der Waals surface area contributed by atoms with Crippen molar-refractivity contribution in [3.63, 3.8) is 0 Å². The monoisotopic (exact) mass is 196 g/mol. The molecule has 0 aromatic carbocycles. The molecule has 0 aromatic rings. The van der Waals surface area contributed by atoms with Gasteiger partial charge in [0.15, 0.2) is 0 Å². The highest BCUT2D eigenvalue weighted by molar-refractivity contribution is 5.89. The topological polar surface area (TPSA) is 74.6 Å². The predicted octanol–water partition coefficient (Wildman–Crippen LogP) is 1.13. The third kappa shape index (κ3) is 1.22. The van der Waals surface area contributed by atoms with Gasteiger partial charge in [0, 0.05) is 11.5 Å². The summed E-state index contributed by atoms with van der Waals surface area (Å²) in [4.78, 5) is 21.8. The largest absolute Gasteiger partial charge is 0.481 e. The van der Waals surface area contributed by atoms with Gasteiger partial charge in [0.2, 0.25) is 0 Å². The molecule has 0 aromatic heterocycles. The lowest BCUT2D eigenvalue weighted by atomic mass is 9.78.